The Bertz CT molecular complexity index is 566. The number of aromatic nitrogens is 2. The molecular weight excluding hydrogens is 268 g/mol. The highest BCUT2D eigenvalue weighted by molar-refractivity contribution is 7.15. The molecule has 1 aliphatic rings. The van der Waals surface area contributed by atoms with Gasteiger partial charge in [0, 0.05) is 43.3 Å². The summed E-state index contributed by atoms with van der Waals surface area (Å²) in [5.74, 6) is 0. The lowest BCUT2D eigenvalue weighted by atomic mass is 10.2. The van der Waals surface area contributed by atoms with E-state index >= 15 is 0 Å². The van der Waals surface area contributed by atoms with E-state index in [1.807, 2.05) is 24.5 Å². The highest BCUT2D eigenvalue weighted by Crippen LogP contribution is 2.24. The van der Waals surface area contributed by atoms with Gasteiger partial charge in [-0.05, 0) is 24.1 Å². The van der Waals surface area contributed by atoms with Crippen molar-refractivity contribution in [2.75, 3.05) is 25.4 Å². The maximum absolute atomic E-state index is 5.77. The zero-order chi connectivity index (χ0) is 13.8. The lowest BCUT2D eigenvalue weighted by Gasteiger charge is -2.17. The number of anilines is 1. The molecule has 0 bridgehead atoms. The zero-order valence-electron chi connectivity index (χ0n) is 11.3. The number of fused-ring (bicyclic) bond motifs is 1. The van der Waals surface area contributed by atoms with Crippen molar-refractivity contribution in [3.05, 3.63) is 46.7 Å². The smallest absolute Gasteiger partial charge is 0.180 e. The highest BCUT2D eigenvalue weighted by Gasteiger charge is 2.16. The molecule has 2 aromatic heterocycles. The molecule has 0 aromatic carbocycles. The quantitative estimate of drug-likeness (QED) is 0.940. The third-order valence-corrected chi connectivity index (χ3v) is 4.48. The van der Waals surface area contributed by atoms with E-state index < -0.39 is 0 Å². The third kappa shape index (κ3) is 3.23. The highest BCUT2D eigenvalue weighted by atomic mass is 32.1. The molecule has 3 heterocycles. The molecule has 104 valence electrons. The van der Waals surface area contributed by atoms with Gasteiger partial charge in [0.1, 0.15) is 0 Å². The minimum Gasteiger partial charge on any atom is -0.375 e. The van der Waals surface area contributed by atoms with Crippen molar-refractivity contribution >= 4 is 22.5 Å². The molecule has 2 aromatic rings. The lowest BCUT2D eigenvalue weighted by molar-refractivity contribution is 0.318. The van der Waals surface area contributed by atoms with Crippen LogP contribution in [0.15, 0.2) is 30.6 Å². The number of nitrogens with zero attached hydrogens (tertiary/aromatic N) is 3. The Balaban J connectivity index is 1.55. The minimum atomic E-state index is 0.709. The number of nitrogens with two attached hydrogens (primary N) is 1. The first-order valence-corrected chi connectivity index (χ1v) is 7.66. The summed E-state index contributed by atoms with van der Waals surface area (Å²) in [6, 6.07) is 4.03. The molecule has 0 amide bonds. The van der Waals surface area contributed by atoms with Crippen molar-refractivity contribution in [3.63, 3.8) is 0 Å². The Hall–Kier alpha value is -1.72. The molecule has 20 heavy (non-hydrogen) atoms. The molecule has 0 unspecified atom stereocenters. The van der Waals surface area contributed by atoms with E-state index in [2.05, 4.69) is 27.0 Å². The molecule has 1 aliphatic heterocycles. The number of thiazole rings is 1. The molecule has 0 fully saturated rings. The molecule has 0 spiro atoms. The average Bonchev–Trinajstić information content (AvgIpc) is 2.72. The second kappa shape index (κ2) is 6.15. The van der Waals surface area contributed by atoms with E-state index in [0.29, 0.717) is 5.13 Å². The van der Waals surface area contributed by atoms with Crippen molar-refractivity contribution in [2.45, 2.75) is 12.8 Å². The minimum absolute atomic E-state index is 0.709. The Kier molecular flexibility index (Phi) is 4.08. The van der Waals surface area contributed by atoms with Crippen LogP contribution in [0.5, 0.6) is 0 Å². The molecule has 5 heteroatoms. The first-order chi connectivity index (χ1) is 9.81. The third-order valence-electron chi connectivity index (χ3n) is 3.49. The first-order valence-electron chi connectivity index (χ1n) is 6.84. The predicted molar refractivity (Wildman–Crippen MR) is 83.6 cm³/mol. The van der Waals surface area contributed by atoms with Gasteiger partial charge in [-0.1, -0.05) is 12.2 Å². The maximum atomic E-state index is 5.77. The fourth-order valence-corrected chi connectivity index (χ4v) is 3.29. The Morgan fingerprint density at radius 1 is 1.25 bits per heavy atom. The largest absolute Gasteiger partial charge is 0.375 e. The van der Waals surface area contributed by atoms with E-state index in [-0.39, 0.29) is 0 Å². The van der Waals surface area contributed by atoms with Gasteiger partial charge >= 0.3 is 0 Å². The van der Waals surface area contributed by atoms with Crippen molar-refractivity contribution in [1.29, 1.82) is 0 Å². The Morgan fingerprint density at radius 2 is 2.05 bits per heavy atom. The SMILES string of the molecule is Nc1nc2c(s1)CCN(C/C=C/c1ccncc1)CC2. The molecule has 0 aliphatic carbocycles. The normalized spacial score (nSPS) is 16.2. The monoisotopic (exact) mass is 286 g/mol. The summed E-state index contributed by atoms with van der Waals surface area (Å²) < 4.78 is 0. The van der Waals surface area contributed by atoms with Crippen LogP contribution in [0.1, 0.15) is 16.1 Å². The lowest BCUT2D eigenvalue weighted by Crippen LogP contribution is -2.26. The van der Waals surface area contributed by atoms with E-state index in [9.17, 15) is 0 Å². The van der Waals surface area contributed by atoms with Crippen LogP contribution in [0, 0.1) is 0 Å². The van der Waals surface area contributed by atoms with Gasteiger partial charge in [0.25, 0.3) is 0 Å². The molecule has 2 N–H and O–H groups in total. The van der Waals surface area contributed by atoms with Crippen molar-refractivity contribution in [1.82, 2.24) is 14.9 Å². The molecular formula is C15H18N4S. The second-order valence-electron chi connectivity index (χ2n) is 4.91. The number of hydrogen-bond donors (Lipinski definition) is 1. The van der Waals surface area contributed by atoms with Gasteiger partial charge in [0.2, 0.25) is 0 Å². The molecule has 3 rings (SSSR count). The van der Waals surface area contributed by atoms with Crippen LogP contribution in [0.2, 0.25) is 0 Å². The molecule has 4 nitrogen and oxygen atoms in total. The summed E-state index contributed by atoms with van der Waals surface area (Å²) in [6.45, 7) is 3.11. The van der Waals surface area contributed by atoms with Crippen LogP contribution in [-0.4, -0.2) is 34.5 Å². The number of nitrogen functional groups attached to an aromatic ring is 1. The van der Waals surface area contributed by atoms with Gasteiger partial charge in [-0.2, -0.15) is 0 Å². The van der Waals surface area contributed by atoms with Gasteiger partial charge in [-0.15, -0.1) is 11.3 Å². The van der Waals surface area contributed by atoms with Crippen LogP contribution in [0.25, 0.3) is 6.08 Å². The number of pyridine rings is 1. The molecule has 0 atom stereocenters. The van der Waals surface area contributed by atoms with E-state index in [4.69, 9.17) is 5.73 Å². The molecule has 0 radical (unpaired) electrons. The molecule has 0 saturated heterocycles. The summed E-state index contributed by atoms with van der Waals surface area (Å²) in [6.07, 6.45) is 10.1. The average molecular weight is 286 g/mol. The standard InChI is InChI=1S/C15H18N4S/c16-15-18-13-5-10-19(11-6-14(13)20-15)9-1-2-12-3-7-17-8-4-12/h1-4,7-8H,5-6,9-11H2,(H2,16,18)/b2-1+. The molecule has 0 saturated carbocycles. The first kappa shape index (κ1) is 13.3. The zero-order valence-corrected chi connectivity index (χ0v) is 12.1. The number of rotatable bonds is 3. The summed E-state index contributed by atoms with van der Waals surface area (Å²) in [5.41, 5.74) is 8.17. The second-order valence-corrected chi connectivity index (χ2v) is 6.02. The van der Waals surface area contributed by atoms with Crippen LogP contribution in [-0.2, 0) is 12.8 Å². The van der Waals surface area contributed by atoms with Gasteiger partial charge in [0.15, 0.2) is 5.13 Å². The van der Waals surface area contributed by atoms with E-state index in [0.717, 1.165) is 32.5 Å². The van der Waals surface area contributed by atoms with Gasteiger partial charge in [0.05, 0.1) is 5.69 Å². The van der Waals surface area contributed by atoms with Gasteiger partial charge in [-0.3, -0.25) is 9.88 Å². The van der Waals surface area contributed by atoms with Crippen LogP contribution < -0.4 is 5.73 Å². The maximum Gasteiger partial charge on any atom is 0.180 e. The topological polar surface area (TPSA) is 55.0 Å². The number of hydrogen-bond acceptors (Lipinski definition) is 5. The Morgan fingerprint density at radius 3 is 2.90 bits per heavy atom. The fraction of sp³-hybridized carbons (Fsp3) is 0.333. The summed E-state index contributed by atoms with van der Waals surface area (Å²) >= 11 is 1.64. The van der Waals surface area contributed by atoms with Crippen molar-refractivity contribution in [3.8, 4) is 0 Å². The fourth-order valence-electron chi connectivity index (χ4n) is 2.42. The van der Waals surface area contributed by atoms with Crippen LogP contribution >= 0.6 is 11.3 Å². The van der Waals surface area contributed by atoms with Crippen molar-refractivity contribution in [2.24, 2.45) is 0 Å². The van der Waals surface area contributed by atoms with E-state index in [1.54, 1.807) is 11.3 Å². The Labute approximate surface area is 123 Å². The predicted octanol–water partition coefficient (Wildman–Crippen LogP) is 2.23. The van der Waals surface area contributed by atoms with Crippen molar-refractivity contribution < 1.29 is 0 Å². The summed E-state index contributed by atoms with van der Waals surface area (Å²) in [4.78, 5) is 12.3. The van der Waals surface area contributed by atoms with Crippen LogP contribution in [0.3, 0.4) is 0 Å². The van der Waals surface area contributed by atoms with Gasteiger partial charge < -0.3 is 5.73 Å². The van der Waals surface area contributed by atoms with E-state index in [1.165, 1.54) is 16.1 Å². The van der Waals surface area contributed by atoms with Crippen LogP contribution in [0.4, 0.5) is 5.13 Å². The summed E-state index contributed by atoms with van der Waals surface area (Å²) in [5, 5.41) is 0.709. The van der Waals surface area contributed by atoms with Gasteiger partial charge in [-0.25, -0.2) is 4.98 Å². The summed E-state index contributed by atoms with van der Waals surface area (Å²) in [7, 11) is 0.